The summed E-state index contributed by atoms with van der Waals surface area (Å²) >= 11 is 0. The highest BCUT2D eigenvalue weighted by atomic mass is 19.4. The molecular weight excluding hydrogens is 387 g/mol. The molecule has 0 radical (unpaired) electrons. The minimum atomic E-state index is -4.53. The zero-order valence-corrected chi connectivity index (χ0v) is 15.8. The normalized spacial score (nSPS) is 19.5. The molecule has 0 amide bonds. The van der Waals surface area contributed by atoms with Crippen LogP contribution >= 0.6 is 0 Å². The van der Waals surface area contributed by atoms with Gasteiger partial charge in [-0.3, -0.25) is 4.68 Å². The molecule has 3 heterocycles. The topological polar surface area (TPSA) is 98.4 Å². The van der Waals surface area contributed by atoms with Crippen LogP contribution in [0.2, 0.25) is 0 Å². The third-order valence-electron chi connectivity index (χ3n) is 5.16. The number of nitrogens with zero attached hydrogens (tertiary/aromatic N) is 7. The second-order valence-corrected chi connectivity index (χ2v) is 6.92. The lowest BCUT2D eigenvalue weighted by molar-refractivity contribution is -0.137. The zero-order valence-electron chi connectivity index (χ0n) is 15.8. The van der Waals surface area contributed by atoms with E-state index >= 15 is 0 Å². The minimum Gasteiger partial charge on any atom is -0.372 e. The molecule has 9 nitrogen and oxygen atoms in total. The molecule has 1 fully saturated rings. The van der Waals surface area contributed by atoms with Crippen LogP contribution in [0.15, 0.2) is 24.8 Å². The van der Waals surface area contributed by atoms with Gasteiger partial charge < -0.3 is 10.6 Å². The second kappa shape index (κ2) is 7.33. The van der Waals surface area contributed by atoms with Crippen molar-refractivity contribution in [2.45, 2.75) is 44.4 Å². The number of nitrogens with one attached hydrogen (secondary N) is 2. The molecule has 3 aromatic rings. The molecule has 2 atom stereocenters. The van der Waals surface area contributed by atoms with Crippen LogP contribution in [0.3, 0.4) is 0 Å². The smallest absolute Gasteiger partial charge is 0.372 e. The highest BCUT2D eigenvalue weighted by molar-refractivity contribution is 5.58. The van der Waals surface area contributed by atoms with Gasteiger partial charge in [0, 0.05) is 19.4 Å². The van der Waals surface area contributed by atoms with Crippen molar-refractivity contribution in [1.29, 1.82) is 0 Å². The average Bonchev–Trinajstić information content (AvgIpc) is 3.42. The van der Waals surface area contributed by atoms with Gasteiger partial charge in [0.1, 0.15) is 11.4 Å². The van der Waals surface area contributed by atoms with Gasteiger partial charge in [0.25, 0.3) is 0 Å². The standard InChI is InChI=1S/C17H20F3N9/c1-10-14(25-16-22-8-13(17(18,19)20)15(21-2)26-16)9-24-29(10)12-4-3-11(7-12)28-6-5-23-27-28/h5-6,8-9,11-12H,3-4,7H2,1-2H3,(H2,21,22,25,26)/t11?,12-/m0/s1. The van der Waals surface area contributed by atoms with Crippen LogP contribution in [-0.2, 0) is 6.18 Å². The Hall–Kier alpha value is -3.18. The first-order chi connectivity index (χ1) is 13.9. The van der Waals surface area contributed by atoms with E-state index in [1.165, 1.54) is 7.05 Å². The van der Waals surface area contributed by atoms with E-state index in [0.717, 1.165) is 31.2 Å². The molecule has 0 saturated heterocycles. The van der Waals surface area contributed by atoms with Crippen molar-refractivity contribution in [1.82, 2.24) is 34.7 Å². The molecule has 12 heteroatoms. The van der Waals surface area contributed by atoms with Gasteiger partial charge in [-0.1, -0.05) is 5.21 Å². The van der Waals surface area contributed by atoms with Crippen LogP contribution in [0.1, 0.15) is 42.6 Å². The van der Waals surface area contributed by atoms with Gasteiger partial charge in [0.15, 0.2) is 0 Å². The number of anilines is 3. The van der Waals surface area contributed by atoms with Crippen molar-refractivity contribution in [3.63, 3.8) is 0 Å². The van der Waals surface area contributed by atoms with E-state index in [4.69, 9.17) is 0 Å². The summed E-state index contributed by atoms with van der Waals surface area (Å²) < 4.78 is 42.8. The van der Waals surface area contributed by atoms with E-state index in [1.54, 1.807) is 12.4 Å². The van der Waals surface area contributed by atoms with E-state index in [1.807, 2.05) is 22.5 Å². The van der Waals surface area contributed by atoms with Crippen LogP contribution in [0.5, 0.6) is 0 Å². The Morgan fingerprint density at radius 1 is 1.17 bits per heavy atom. The number of hydrogen-bond acceptors (Lipinski definition) is 7. The van der Waals surface area contributed by atoms with Crippen molar-refractivity contribution in [3.05, 3.63) is 36.0 Å². The lowest BCUT2D eigenvalue weighted by atomic mass is 10.2. The van der Waals surface area contributed by atoms with E-state index in [9.17, 15) is 13.2 Å². The number of halogens is 3. The molecule has 1 aliphatic carbocycles. The molecular formula is C17H20F3N9. The van der Waals surface area contributed by atoms with Crippen LogP contribution < -0.4 is 10.6 Å². The maximum absolute atomic E-state index is 13.0. The van der Waals surface area contributed by atoms with Crippen molar-refractivity contribution in [2.75, 3.05) is 17.7 Å². The fraction of sp³-hybridized carbons (Fsp3) is 0.471. The third-order valence-corrected chi connectivity index (χ3v) is 5.16. The molecule has 1 unspecified atom stereocenters. The first-order valence-electron chi connectivity index (χ1n) is 9.15. The first-order valence-corrected chi connectivity index (χ1v) is 9.15. The molecule has 0 spiro atoms. The summed E-state index contributed by atoms with van der Waals surface area (Å²) in [4.78, 5) is 7.74. The maximum atomic E-state index is 13.0. The Labute approximate surface area is 164 Å². The van der Waals surface area contributed by atoms with Crippen LogP contribution in [0, 0.1) is 6.92 Å². The highest BCUT2D eigenvalue weighted by Gasteiger charge is 2.35. The Bertz CT molecular complexity index is 981. The Morgan fingerprint density at radius 3 is 2.66 bits per heavy atom. The third kappa shape index (κ3) is 3.74. The van der Waals surface area contributed by atoms with E-state index in [0.29, 0.717) is 5.69 Å². The summed E-state index contributed by atoms with van der Waals surface area (Å²) in [6.45, 7) is 1.90. The van der Waals surface area contributed by atoms with Crippen LogP contribution in [0.25, 0.3) is 0 Å². The predicted octanol–water partition coefficient (Wildman–Crippen LogP) is 3.34. The van der Waals surface area contributed by atoms with Gasteiger partial charge >= 0.3 is 6.18 Å². The van der Waals surface area contributed by atoms with Gasteiger partial charge in [-0.05, 0) is 26.2 Å². The molecule has 4 rings (SSSR count). The summed E-state index contributed by atoms with van der Waals surface area (Å²) in [7, 11) is 1.39. The van der Waals surface area contributed by atoms with Gasteiger partial charge in [0.05, 0.1) is 35.9 Å². The molecule has 2 N–H and O–H groups in total. The SMILES string of the molecule is CNc1nc(Nc2cnn([C@H]3CCC(n4ccnn4)C3)c2C)ncc1C(F)(F)F. The van der Waals surface area contributed by atoms with Crippen molar-refractivity contribution in [2.24, 2.45) is 0 Å². The fourth-order valence-electron chi connectivity index (χ4n) is 3.68. The molecule has 0 aliphatic heterocycles. The Balaban J connectivity index is 1.51. The van der Waals surface area contributed by atoms with Crippen molar-refractivity contribution < 1.29 is 13.2 Å². The van der Waals surface area contributed by atoms with Gasteiger partial charge in [-0.2, -0.15) is 23.3 Å². The molecule has 1 aliphatic rings. The maximum Gasteiger partial charge on any atom is 0.421 e. The minimum absolute atomic E-state index is 0.0666. The highest BCUT2D eigenvalue weighted by Crippen LogP contribution is 2.38. The van der Waals surface area contributed by atoms with Crippen molar-refractivity contribution >= 4 is 17.5 Å². The quantitative estimate of drug-likeness (QED) is 0.669. The summed E-state index contributed by atoms with van der Waals surface area (Å²) in [5.74, 6) is -0.219. The molecule has 0 bridgehead atoms. The molecule has 29 heavy (non-hydrogen) atoms. The van der Waals surface area contributed by atoms with Gasteiger partial charge in [-0.15, -0.1) is 5.10 Å². The van der Waals surface area contributed by atoms with Gasteiger partial charge in [0.2, 0.25) is 5.95 Å². The van der Waals surface area contributed by atoms with E-state index < -0.39 is 11.7 Å². The Kier molecular flexibility index (Phi) is 4.84. The Morgan fingerprint density at radius 2 is 1.97 bits per heavy atom. The molecule has 3 aromatic heterocycles. The number of alkyl halides is 3. The second-order valence-electron chi connectivity index (χ2n) is 6.92. The number of rotatable bonds is 5. The summed E-state index contributed by atoms with van der Waals surface area (Å²) in [6, 6.07) is 0.486. The average molecular weight is 407 g/mol. The number of hydrogen-bond donors (Lipinski definition) is 2. The molecule has 1 saturated carbocycles. The summed E-state index contributed by atoms with van der Waals surface area (Å²) in [5, 5.41) is 17.8. The molecule has 0 aromatic carbocycles. The predicted molar refractivity (Wildman–Crippen MR) is 98.8 cm³/mol. The van der Waals surface area contributed by atoms with Crippen LogP contribution in [-0.4, -0.2) is 41.8 Å². The summed E-state index contributed by atoms with van der Waals surface area (Å²) in [6.07, 6.45) is 4.21. The van der Waals surface area contributed by atoms with E-state index in [-0.39, 0.29) is 23.8 Å². The lowest BCUT2D eigenvalue weighted by Gasteiger charge is -2.15. The molecule has 154 valence electrons. The monoisotopic (exact) mass is 407 g/mol. The van der Waals surface area contributed by atoms with Crippen molar-refractivity contribution in [3.8, 4) is 0 Å². The summed E-state index contributed by atoms with van der Waals surface area (Å²) in [5.41, 5.74) is 0.600. The van der Waals surface area contributed by atoms with Crippen LogP contribution in [0.4, 0.5) is 30.6 Å². The zero-order chi connectivity index (χ0) is 20.6. The first kappa shape index (κ1) is 19.2. The van der Waals surface area contributed by atoms with Gasteiger partial charge in [-0.25, -0.2) is 9.67 Å². The lowest BCUT2D eigenvalue weighted by Crippen LogP contribution is -2.13. The number of aromatic nitrogens is 7. The fourth-order valence-corrected chi connectivity index (χ4v) is 3.68. The van der Waals surface area contributed by atoms with E-state index in [2.05, 4.69) is 36.0 Å². The largest absolute Gasteiger partial charge is 0.421 e.